The fourth-order valence-corrected chi connectivity index (χ4v) is 4.72. The number of carbonyl (C=O) groups excluding carboxylic acids is 2. The standard InChI is InChI=1S/C24H27F4N3O4/c1-2-31-20-16(13-23(14-29-21(20)32)7-10-34-11-8-23)19(30-31)4-3-9-35-22(33)15-5-6-18(25)17(12-15)24(26,27)28/h5-6,12H,2-4,7-11,13-14H2,1H3,(H,29,32). The summed E-state index contributed by atoms with van der Waals surface area (Å²) in [6.07, 6.45) is -1.76. The third-order valence-electron chi connectivity index (χ3n) is 6.68. The molecule has 0 saturated carbocycles. The zero-order valence-electron chi connectivity index (χ0n) is 19.3. The van der Waals surface area contributed by atoms with Crippen molar-refractivity contribution in [3.63, 3.8) is 0 Å². The molecule has 1 amide bonds. The van der Waals surface area contributed by atoms with Crippen LogP contribution in [-0.2, 0) is 35.0 Å². The molecule has 2 aromatic rings. The Morgan fingerprint density at radius 1 is 1.29 bits per heavy atom. The summed E-state index contributed by atoms with van der Waals surface area (Å²) in [7, 11) is 0. The lowest BCUT2D eigenvalue weighted by Crippen LogP contribution is -2.40. The number of hydrogen-bond donors (Lipinski definition) is 1. The highest BCUT2D eigenvalue weighted by Crippen LogP contribution is 2.38. The first-order valence-corrected chi connectivity index (χ1v) is 11.6. The van der Waals surface area contributed by atoms with E-state index in [1.165, 1.54) is 0 Å². The molecule has 4 rings (SSSR count). The number of rotatable bonds is 6. The number of fused-ring (bicyclic) bond motifs is 1. The number of amides is 1. The van der Waals surface area contributed by atoms with E-state index in [-0.39, 0.29) is 23.5 Å². The number of benzene rings is 1. The molecule has 1 spiro atoms. The minimum Gasteiger partial charge on any atom is -0.462 e. The third kappa shape index (κ3) is 5.34. The molecule has 1 N–H and O–H groups in total. The molecule has 1 saturated heterocycles. The van der Waals surface area contributed by atoms with Crippen molar-refractivity contribution in [2.45, 2.75) is 51.7 Å². The number of nitrogens with zero attached hydrogens (tertiary/aromatic N) is 2. The smallest absolute Gasteiger partial charge is 0.419 e. The van der Waals surface area contributed by atoms with Crippen LogP contribution >= 0.6 is 0 Å². The maximum absolute atomic E-state index is 13.5. The fourth-order valence-electron chi connectivity index (χ4n) is 4.72. The number of esters is 1. The highest BCUT2D eigenvalue weighted by atomic mass is 19.4. The maximum atomic E-state index is 13.5. The lowest BCUT2D eigenvalue weighted by atomic mass is 9.75. The van der Waals surface area contributed by atoms with Crippen LogP contribution in [0.1, 0.15) is 63.9 Å². The molecule has 0 unspecified atom stereocenters. The van der Waals surface area contributed by atoms with Gasteiger partial charge in [0.25, 0.3) is 5.91 Å². The summed E-state index contributed by atoms with van der Waals surface area (Å²) in [6.45, 7) is 4.21. The van der Waals surface area contributed by atoms with Crippen molar-refractivity contribution in [1.82, 2.24) is 15.1 Å². The first-order valence-electron chi connectivity index (χ1n) is 11.6. The van der Waals surface area contributed by atoms with Gasteiger partial charge in [0, 0.05) is 31.9 Å². The monoisotopic (exact) mass is 497 g/mol. The van der Waals surface area contributed by atoms with Crippen molar-refractivity contribution < 1.29 is 36.6 Å². The molecule has 0 aliphatic carbocycles. The minimum absolute atomic E-state index is 0.0590. The normalized spacial score (nSPS) is 17.6. The number of aryl methyl sites for hydroxylation is 2. The zero-order chi connectivity index (χ0) is 25.2. The van der Waals surface area contributed by atoms with Crippen molar-refractivity contribution in [3.05, 3.63) is 52.1 Å². The first-order chi connectivity index (χ1) is 16.6. The van der Waals surface area contributed by atoms with E-state index in [1.807, 2.05) is 6.92 Å². The number of alkyl halides is 3. The lowest BCUT2D eigenvalue weighted by molar-refractivity contribution is -0.140. The number of halogens is 4. The number of nitrogens with one attached hydrogen (secondary N) is 1. The molecule has 2 aliphatic rings. The fraction of sp³-hybridized carbons (Fsp3) is 0.542. The summed E-state index contributed by atoms with van der Waals surface area (Å²) >= 11 is 0. The van der Waals surface area contributed by atoms with Crippen LogP contribution < -0.4 is 5.32 Å². The van der Waals surface area contributed by atoms with E-state index in [9.17, 15) is 27.2 Å². The average molecular weight is 497 g/mol. The molecule has 2 aliphatic heterocycles. The minimum atomic E-state index is -4.91. The molecule has 3 heterocycles. The summed E-state index contributed by atoms with van der Waals surface area (Å²) < 4.78 is 64.5. The van der Waals surface area contributed by atoms with Crippen LogP contribution in [0, 0.1) is 11.2 Å². The number of hydrogen-bond acceptors (Lipinski definition) is 5. The van der Waals surface area contributed by atoms with Gasteiger partial charge in [0.1, 0.15) is 11.5 Å². The topological polar surface area (TPSA) is 82.5 Å². The Bertz CT molecular complexity index is 1110. The van der Waals surface area contributed by atoms with Crippen molar-refractivity contribution >= 4 is 11.9 Å². The van der Waals surface area contributed by atoms with Crippen molar-refractivity contribution in [2.24, 2.45) is 5.41 Å². The maximum Gasteiger partial charge on any atom is 0.419 e. The SMILES string of the molecule is CCn1nc(CCCOC(=O)c2ccc(F)c(C(F)(F)F)c2)c2c1C(=O)NCC1(CCOCC1)C2. The van der Waals surface area contributed by atoms with Crippen LogP contribution in [0.3, 0.4) is 0 Å². The Morgan fingerprint density at radius 2 is 2.03 bits per heavy atom. The number of aromatic nitrogens is 2. The number of ether oxygens (including phenoxy) is 2. The predicted octanol–water partition coefficient (Wildman–Crippen LogP) is 3.93. The van der Waals surface area contributed by atoms with Crippen molar-refractivity contribution in [3.8, 4) is 0 Å². The highest BCUT2D eigenvalue weighted by Gasteiger charge is 2.39. The molecule has 1 aromatic carbocycles. The van der Waals surface area contributed by atoms with Gasteiger partial charge >= 0.3 is 12.1 Å². The Morgan fingerprint density at radius 3 is 2.71 bits per heavy atom. The molecular weight excluding hydrogens is 470 g/mol. The van der Waals surface area contributed by atoms with Gasteiger partial charge in [-0.25, -0.2) is 9.18 Å². The van der Waals surface area contributed by atoms with Gasteiger partial charge in [-0.15, -0.1) is 0 Å². The second-order valence-electron chi connectivity index (χ2n) is 8.99. The van der Waals surface area contributed by atoms with E-state index in [0.29, 0.717) is 63.4 Å². The summed E-state index contributed by atoms with van der Waals surface area (Å²) in [5, 5.41) is 7.66. The Hall–Kier alpha value is -2.95. The molecule has 1 aromatic heterocycles. The lowest BCUT2D eigenvalue weighted by Gasteiger charge is -2.36. The van der Waals surface area contributed by atoms with Gasteiger partial charge in [0.2, 0.25) is 0 Å². The van der Waals surface area contributed by atoms with Crippen LogP contribution in [-0.4, -0.2) is 48.0 Å². The van der Waals surface area contributed by atoms with Gasteiger partial charge in [0.05, 0.1) is 23.4 Å². The Labute approximate surface area is 199 Å². The molecule has 1 fully saturated rings. The number of carbonyl (C=O) groups is 2. The second kappa shape index (κ2) is 9.96. The molecule has 11 heteroatoms. The van der Waals surface area contributed by atoms with Crippen LogP contribution in [0.2, 0.25) is 0 Å². The van der Waals surface area contributed by atoms with E-state index in [1.54, 1.807) is 4.68 Å². The quantitative estimate of drug-likeness (QED) is 0.372. The van der Waals surface area contributed by atoms with Gasteiger partial charge in [0.15, 0.2) is 0 Å². The summed E-state index contributed by atoms with van der Waals surface area (Å²) in [6, 6.07) is 2.01. The highest BCUT2D eigenvalue weighted by molar-refractivity contribution is 5.94. The van der Waals surface area contributed by atoms with Gasteiger partial charge < -0.3 is 14.8 Å². The largest absolute Gasteiger partial charge is 0.462 e. The van der Waals surface area contributed by atoms with Crippen molar-refractivity contribution in [2.75, 3.05) is 26.4 Å². The summed E-state index contributed by atoms with van der Waals surface area (Å²) in [5.74, 6) is -2.58. The van der Waals surface area contributed by atoms with Gasteiger partial charge in [-0.05, 0) is 62.6 Å². The van der Waals surface area contributed by atoms with Crippen LogP contribution in [0.15, 0.2) is 18.2 Å². The summed E-state index contributed by atoms with van der Waals surface area (Å²) in [5.41, 5.74) is 0.209. The third-order valence-corrected chi connectivity index (χ3v) is 6.68. The molecule has 0 bridgehead atoms. The van der Waals surface area contributed by atoms with E-state index in [0.717, 1.165) is 30.2 Å². The second-order valence-corrected chi connectivity index (χ2v) is 8.99. The molecule has 0 atom stereocenters. The van der Waals surface area contributed by atoms with Gasteiger partial charge in [-0.2, -0.15) is 18.3 Å². The van der Waals surface area contributed by atoms with E-state index in [4.69, 9.17) is 9.47 Å². The van der Waals surface area contributed by atoms with Crippen molar-refractivity contribution in [1.29, 1.82) is 0 Å². The molecular formula is C24H27F4N3O4. The van der Waals surface area contributed by atoms with E-state index < -0.39 is 23.5 Å². The first kappa shape index (κ1) is 25.2. The molecule has 35 heavy (non-hydrogen) atoms. The molecule has 190 valence electrons. The van der Waals surface area contributed by atoms with E-state index in [2.05, 4.69) is 10.4 Å². The van der Waals surface area contributed by atoms with E-state index >= 15 is 0 Å². The summed E-state index contributed by atoms with van der Waals surface area (Å²) in [4.78, 5) is 25.1. The van der Waals surface area contributed by atoms with Crippen LogP contribution in [0.25, 0.3) is 0 Å². The average Bonchev–Trinajstić information content (AvgIpc) is 3.10. The predicted molar refractivity (Wildman–Crippen MR) is 116 cm³/mol. The van der Waals surface area contributed by atoms with Crippen LogP contribution in [0.5, 0.6) is 0 Å². The molecule has 0 radical (unpaired) electrons. The zero-order valence-corrected chi connectivity index (χ0v) is 19.3. The molecule has 7 nitrogen and oxygen atoms in total. The van der Waals surface area contributed by atoms with Crippen LogP contribution in [0.4, 0.5) is 17.6 Å². The van der Waals surface area contributed by atoms with Gasteiger partial charge in [-0.3, -0.25) is 9.48 Å². The Balaban J connectivity index is 1.44. The van der Waals surface area contributed by atoms with Gasteiger partial charge in [-0.1, -0.05) is 0 Å². The Kier molecular flexibility index (Phi) is 7.16.